The van der Waals surface area contributed by atoms with Crippen molar-refractivity contribution in [1.82, 2.24) is 20.4 Å². The Morgan fingerprint density at radius 3 is 2.71 bits per heavy atom. The molecule has 0 saturated heterocycles. The Kier molecular flexibility index (Phi) is 3.00. The molecular weight excluding hydrogens is 276 g/mol. The lowest BCUT2D eigenvalue weighted by Crippen LogP contribution is -2.51. The fourth-order valence-electron chi connectivity index (χ4n) is 2.38. The van der Waals surface area contributed by atoms with Crippen molar-refractivity contribution in [3.63, 3.8) is 0 Å². The van der Waals surface area contributed by atoms with Crippen LogP contribution in [0.3, 0.4) is 0 Å². The smallest absolute Gasteiger partial charge is 0.353 e. The lowest BCUT2D eigenvalue weighted by Gasteiger charge is -2.40. The van der Waals surface area contributed by atoms with Gasteiger partial charge in [-0.3, -0.25) is 4.79 Å². The minimum absolute atomic E-state index is 0.00260. The number of hydrogen-bond donors (Lipinski definition) is 3. The van der Waals surface area contributed by atoms with Gasteiger partial charge >= 0.3 is 5.97 Å². The number of H-pyrrole nitrogens is 1. The van der Waals surface area contributed by atoms with Crippen LogP contribution in [0, 0.1) is 6.92 Å². The van der Waals surface area contributed by atoms with Gasteiger partial charge in [0.2, 0.25) is 0 Å². The molecule has 8 heteroatoms. The van der Waals surface area contributed by atoms with Crippen LogP contribution in [0.1, 0.15) is 51.8 Å². The monoisotopic (exact) mass is 290 g/mol. The normalized spacial score (nSPS) is 16.2. The molecule has 1 aliphatic carbocycles. The summed E-state index contributed by atoms with van der Waals surface area (Å²) in [4.78, 5) is 29.9. The van der Waals surface area contributed by atoms with Gasteiger partial charge in [-0.05, 0) is 26.2 Å². The van der Waals surface area contributed by atoms with Gasteiger partial charge in [0.25, 0.3) is 5.91 Å². The zero-order valence-corrected chi connectivity index (χ0v) is 11.3. The summed E-state index contributed by atoms with van der Waals surface area (Å²) in [6, 6.07) is 1.55. The largest absolute Gasteiger partial charge is 0.477 e. The van der Waals surface area contributed by atoms with Crippen molar-refractivity contribution in [3.05, 3.63) is 35.2 Å². The SMILES string of the molecule is Cc1cc(C(=O)NC2(c3ncc(C(=O)O)[nH]3)CCC2)no1. The molecule has 0 atom stereocenters. The van der Waals surface area contributed by atoms with Crippen LogP contribution < -0.4 is 5.32 Å². The number of amides is 1. The number of aromatic nitrogens is 3. The third-order valence-corrected chi connectivity index (χ3v) is 3.68. The van der Waals surface area contributed by atoms with Crippen molar-refractivity contribution in [2.45, 2.75) is 31.7 Å². The number of aromatic amines is 1. The first-order chi connectivity index (χ1) is 10.00. The standard InChI is InChI=1S/C13H14N4O4/c1-7-5-8(17-21-7)10(18)16-13(3-2-4-13)12-14-6-9(15-12)11(19)20/h5-6H,2-4H2,1H3,(H,14,15)(H,16,18)(H,19,20). The molecule has 2 heterocycles. The Balaban J connectivity index is 1.83. The predicted octanol–water partition coefficient (Wildman–Crippen LogP) is 1.21. The molecule has 8 nitrogen and oxygen atoms in total. The van der Waals surface area contributed by atoms with Crippen LogP contribution in [-0.2, 0) is 5.54 Å². The Morgan fingerprint density at radius 2 is 2.24 bits per heavy atom. The Bertz CT molecular complexity index is 699. The highest BCUT2D eigenvalue weighted by Crippen LogP contribution is 2.40. The highest BCUT2D eigenvalue weighted by molar-refractivity contribution is 5.93. The van der Waals surface area contributed by atoms with Gasteiger partial charge in [0.1, 0.15) is 17.3 Å². The average molecular weight is 290 g/mol. The number of imidazole rings is 1. The van der Waals surface area contributed by atoms with Crippen molar-refractivity contribution >= 4 is 11.9 Å². The van der Waals surface area contributed by atoms with E-state index in [1.807, 2.05) is 0 Å². The van der Waals surface area contributed by atoms with Crippen molar-refractivity contribution in [2.75, 3.05) is 0 Å². The second-order valence-electron chi connectivity index (χ2n) is 5.16. The van der Waals surface area contributed by atoms with Crippen molar-refractivity contribution < 1.29 is 19.2 Å². The van der Waals surface area contributed by atoms with Gasteiger partial charge in [-0.25, -0.2) is 9.78 Å². The lowest BCUT2D eigenvalue weighted by atomic mass is 9.76. The summed E-state index contributed by atoms with van der Waals surface area (Å²) in [5.74, 6) is -0.435. The third-order valence-electron chi connectivity index (χ3n) is 3.68. The molecule has 0 aromatic carbocycles. The Morgan fingerprint density at radius 1 is 1.48 bits per heavy atom. The molecule has 0 bridgehead atoms. The summed E-state index contributed by atoms with van der Waals surface area (Å²) in [5, 5.41) is 15.5. The van der Waals surface area contributed by atoms with Crippen LogP contribution in [0.15, 0.2) is 16.8 Å². The fourth-order valence-corrected chi connectivity index (χ4v) is 2.38. The first-order valence-electron chi connectivity index (χ1n) is 6.55. The topological polar surface area (TPSA) is 121 Å². The van der Waals surface area contributed by atoms with Gasteiger partial charge in [0.05, 0.1) is 11.7 Å². The first kappa shape index (κ1) is 13.3. The second-order valence-corrected chi connectivity index (χ2v) is 5.16. The van der Waals surface area contributed by atoms with Crippen LogP contribution in [0.25, 0.3) is 0 Å². The summed E-state index contributed by atoms with van der Waals surface area (Å²) < 4.78 is 4.88. The van der Waals surface area contributed by atoms with E-state index in [0.29, 0.717) is 24.4 Å². The number of carboxylic acids is 1. The van der Waals surface area contributed by atoms with E-state index in [1.165, 1.54) is 6.20 Å². The maximum absolute atomic E-state index is 12.2. The molecule has 0 radical (unpaired) electrons. The first-order valence-corrected chi connectivity index (χ1v) is 6.55. The molecule has 1 amide bonds. The van der Waals surface area contributed by atoms with E-state index < -0.39 is 11.5 Å². The zero-order chi connectivity index (χ0) is 15.0. The quantitative estimate of drug-likeness (QED) is 0.778. The number of carbonyl (C=O) groups is 2. The molecule has 0 aliphatic heterocycles. The number of hydrogen-bond acceptors (Lipinski definition) is 5. The number of rotatable bonds is 4. The van der Waals surface area contributed by atoms with Gasteiger partial charge in [-0.1, -0.05) is 5.16 Å². The second kappa shape index (κ2) is 4.72. The molecule has 1 fully saturated rings. The van der Waals surface area contributed by atoms with E-state index in [-0.39, 0.29) is 17.3 Å². The third kappa shape index (κ3) is 2.28. The highest BCUT2D eigenvalue weighted by atomic mass is 16.5. The number of nitrogens with zero attached hydrogens (tertiary/aromatic N) is 2. The molecular formula is C13H14N4O4. The molecule has 110 valence electrons. The van der Waals surface area contributed by atoms with Gasteiger partial charge in [0, 0.05) is 6.07 Å². The van der Waals surface area contributed by atoms with Crippen molar-refractivity contribution in [3.8, 4) is 0 Å². The molecule has 1 aliphatic rings. The minimum atomic E-state index is -1.08. The highest BCUT2D eigenvalue weighted by Gasteiger charge is 2.43. The number of nitrogens with one attached hydrogen (secondary N) is 2. The fraction of sp³-hybridized carbons (Fsp3) is 0.385. The van der Waals surface area contributed by atoms with Gasteiger partial charge in [-0.2, -0.15) is 0 Å². The molecule has 2 aromatic rings. The van der Waals surface area contributed by atoms with Crippen LogP contribution in [0.2, 0.25) is 0 Å². The maximum atomic E-state index is 12.2. The zero-order valence-electron chi connectivity index (χ0n) is 11.3. The average Bonchev–Trinajstić information content (AvgIpc) is 3.02. The number of carboxylic acid groups (broad SMARTS) is 1. The molecule has 0 unspecified atom stereocenters. The van der Waals surface area contributed by atoms with E-state index in [2.05, 4.69) is 20.4 Å². The van der Waals surface area contributed by atoms with E-state index in [9.17, 15) is 9.59 Å². The lowest BCUT2D eigenvalue weighted by molar-refractivity contribution is 0.0690. The Labute approximate surface area is 119 Å². The Hall–Kier alpha value is -2.64. The van der Waals surface area contributed by atoms with Crippen LogP contribution in [0.4, 0.5) is 0 Å². The number of aryl methyl sites for hydroxylation is 1. The van der Waals surface area contributed by atoms with Gasteiger partial charge in [-0.15, -0.1) is 0 Å². The molecule has 0 spiro atoms. The summed E-state index contributed by atoms with van der Waals surface area (Å²) in [7, 11) is 0. The summed E-state index contributed by atoms with van der Waals surface area (Å²) in [6.45, 7) is 1.70. The summed E-state index contributed by atoms with van der Waals surface area (Å²) in [5.41, 5.74) is -0.455. The maximum Gasteiger partial charge on any atom is 0.353 e. The molecule has 21 heavy (non-hydrogen) atoms. The number of aromatic carboxylic acids is 1. The van der Waals surface area contributed by atoms with E-state index in [1.54, 1.807) is 13.0 Å². The predicted molar refractivity (Wildman–Crippen MR) is 69.8 cm³/mol. The van der Waals surface area contributed by atoms with Crippen molar-refractivity contribution in [1.29, 1.82) is 0 Å². The molecule has 3 rings (SSSR count). The van der Waals surface area contributed by atoms with Gasteiger partial charge in [0.15, 0.2) is 5.69 Å². The van der Waals surface area contributed by atoms with Crippen LogP contribution in [0.5, 0.6) is 0 Å². The molecule has 2 aromatic heterocycles. The van der Waals surface area contributed by atoms with Crippen LogP contribution in [-0.4, -0.2) is 32.1 Å². The van der Waals surface area contributed by atoms with E-state index in [4.69, 9.17) is 9.63 Å². The van der Waals surface area contributed by atoms with Crippen LogP contribution >= 0.6 is 0 Å². The molecule has 3 N–H and O–H groups in total. The molecule has 1 saturated carbocycles. The number of carbonyl (C=O) groups excluding carboxylic acids is 1. The summed E-state index contributed by atoms with van der Waals surface area (Å²) in [6.07, 6.45) is 3.58. The minimum Gasteiger partial charge on any atom is -0.477 e. The summed E-state index contributed by atoms with van der Waals surface area (Å²) >= 11 is 0. The van der Waals surface area contributed by atoms with Crippen molar-refractivity contribution in [2.24, 2.45) is 0 Å². The van der Waals surface area contributed by atoms with E-state index in [0.717, 1.165) is 6.42 Å². The van der Waals surface area contributed by atoms with Gasteiger partial charge < -0.3 is 19.9 Å². The van der Waals surface area contributed by atoms with E-state index >= 15 is 0 Å².